The van der Waals surface area contributed by atoms with E-state index in [2.05, 4.69) is 4.18 Å². The van der Waals surface area contributed by atoms with E-state index < -0.39 is 47.3 Å². The second-order valence-corrected chi connectivity index (χ2v) is 4.78. The minimum Gasteiger partial charge on any atom is -0.726 e. The average Bonchev–Trinajstić information content (AvgIpc) is 2.17. The summed E-state index contributed by atoms with van der Waals surface area (Å²) in [5.41, 5.74) is 0. The smallest absolute Gasteiger partial charge is 0.217 e. The maximum absolute atomic E-state index is 10.2. The molecule has 9 heteroatoms. The summed E-state index contributed by atoms with van der Waals surface area (Å²) in [6.45, 7) is -0.645. The molecule has 1 saturated carbocycles. The second kappa shape index (κ2) is 4.92. The molecule has 1 aliphatic carbocycles. The van der Waals surface area contributed by atoms with E-state index in [1.54, 1.807) is 0 Å². The Morgan fingerprint density at radius 2 is 1.69 bits per heavy atom. The molecule has 1 aliphatic rings. The molecule has 1 rings (SSSR count). The first kappa shape index (κ1) is 13.8. The molecule has 0 spiro atoms. The molecule has 96 valence electrons. The van der Waals surface area contributed by atoms with Crippen molar-refractivity contribution in [3.05, 3.63) is 0 Å². The minimum absolute atomic E-state index is 0.172. The second-order valence-electron chi connectivity index (χ2n) is 3.73. The molecule has 0 aromatic heterocycles. The molecule has 0 aromatic rings. The Bertz CT molecular complexity index is 327. The summed E-state index contributed by atoms with van der Waals surface area (Å²) in [6, 6.07) is 0. The summed E-state index contributed by atoms with van der Waals surface area (Å²) >= 11 is 0. The predicted molar refractivity (Wildman–Crippen MR) is 47.8 cm³/mol. The van der Waals surface area contributed by atoms with Crippen LogP contribution in [0.3, 0.4) is 0 Å². The van der Waals surface area contributed by atoms with E-state index in [1.807, 2.05) is 0 Å². The Hall–Kier alpha value is -0.290. The van der Waals surface area contributed by atoms with Crippen molar-refractivity contribution in [2.75, 3.05) is 6.61 Å². The van der Waals surface area contributed by atoms with Crippen LogP contribution < -0.4 is 0 Å². The lowest BCUT2D eigenvalue weighted by Gasteiger charge is -2.38. The van der Waals surface area contributed by atoms with E-state index in [-0.39, 0.29) is 6.42 Å². The number of aliphatic hydroxyl groups excluding tert-OH is 4. The fourth-order valence-corrected chi connectivity index (χ4v) is 1.98. The molecule has 0 aliphatic heterocycles. The molecule has 0 radical (unpaired) electrons. The van der Waals surface area contributed by atoms with Crippen LogP contribution in [-0.2, 0) is 14.6 Å². The first-order valence-electron chi connectivity index (χ1n) is 4.55. The summed E-state index contributed by atoms with van der Waals surface area (Å²) in [5, 5.41) is 37.1. The van der Waals surface area contributed by atoms with Crippen LogP contribution in [0, 0.1) is 5.92 Å². The van der Waals surface area contributed by atoms with Crippen molar-refractivity contribution in [3.63, 3.8) is 0 Å². The van der Waals surface area contributed by atoms with Crippen LogP contribution in [0.5, 0.6) is 0 Å². The van der Waals surface area contributed by atoms with Gasteiger partial charge in [0.15, 0.2) is 0 Å². The maximum atomic E-state index is 10.2. The van der Waals surface area contributed by atoms with Crippen molar-refractivity contribution in [1.29, 1.82) is 0 Å². The van der Waals surface area contributed by atoms with Gasteiger partial charge in [-0.25, -0.2) is 8.42 Å². The third kappa shape index (κ3) is 3.35. The lowest BCUT2D eigenvalue weighted by atomic mass is 9.81. The van der Waals surface area contributed by atoms with Crippen molar-refractivity contribution < 1.29 is 37.6 Å². The van der Waals surface area contributed by atoms with Crippen molar-refractivity contribution in [3.8, 4) is 0 Å². The molecule has 0 aromatic carbocycles. The van der Waals surface area contributed by atoms with Gasteiger partial charge in [0.1, 0.15) is 12.2 Å². The molecule has 16 heavy (non-hydrogen) atoms. The highest BCUT2D eigenvalue weighted by Crippen LogP contribution is 2.26. The SMILES string of the molecule is O=S(=O)([O-])OC[C@H]1CC(O)[C@H](O)[C@@H](O)[C@H]1O. The van der Waals surface area contributed by atoms with E-state index in [1.165, 1.54) is 0 Å². The summed E-state index contributed by atoms with van der Waals surface area (Å²) in [6.07, 6.45) is -6.04. The fraction of sp³-hybridized carbons (Fsp3) is 1.00. The highest BCUT2D eigenvalue weighted by Gasteiger charge is 2.42. The van der Waals surface area contributed by atoms with E-state index in [0.717, 1.165) is 0 Å². The monoisotopic (exact) mass is 257 g/mol. The molecular weight excluding hydrogens is 244 g/mol. The number of rotatable bonds is 3. The lowest BCUT2D eigenvalue weighted by Crippen LogP contribution is -2.54. The predicted octanol–water partition coefficient (Wildman–Crippen LogP) is -3.07. The molecule has 0 saturated heterocycles. The molecule has 1 unspecified atom stereocenters. The summed E-state index contributed by atoms with van der Waals surface area (Å²) in [7, 11) is -4.88. The van der Waals surface area contributed by atoms with Crippen LogP contribution in [0.4, 0.5) is 0 Å². The van der Waals surface area contributed by atoms with Crippen LogP contribution in [0.2, 0.25) is 0 Å². The standard InChI is InChI=1S/C7H14O8S/c8-4-1-3(2-15-16(12,13)14)5(9)7(11)6(4)10/h3-11H,1-2H2,(H,12,13,14)/p-1/t3-,4?,5+,6+,7+/m1/s1. The van der Waals surface area contributed by atoms with Crippen LogP contribution >= 0.6 is 0 Å². The molecule has 8 nitrogen and oxygen atoms in total. The molecule has 5 atom stereocenters. The third-order valence-corrected chi connectivity index (χ3v) is 2.97. The van der Waals surface area contributed by atoms with Gasteiger partial charge in [-0.1, -0.05) is 0 Å². The van der Waals surface area contributed by atoms with Crippen molar-refractivity contribution in [1.82, 2.24) is 0 Å². The molecule has 1 fully saturated rings. The lowest BCUT2D eigenvalue weighted by molar-refractivity contribution is -0.161. The highest BCUT2D eigenvalue weighted by molar-refractivity contribution is 7.80. The fourth-order valence-electron chi connectivity index (χ4n) is 1.63. The topological polar surface area (TPSA) is 147 Å². The number of hydrogen-bond acceptors (Lipinski definition) is 8. The summed E-state index contributed by atoms with van der Waals surface area (Å²) in [5.74, 6) is -0.933. The van der Waals surface area contributed by atoms with Crippen LogP contribution in [0.1, 0.15) is 6.42 Å². The van der Waals surface area contributed by atoms with Gasteiger partial charge in [-0.15, -0.1) is 0 Å². The Morgan fingerprint density at radius 1 is 1.12 bits per heavy atom. The Kier molecular flexibility index (Phi) is 4.23. The van der Waals surface area contributed by atoms with Crippen LogP contribution in [0.15, 0.2) is 0 Å². The number of aliphatic hydroxyl groups is 4. The van der Waals surface area contributed by atoms with Gasteiger partial charge in [-0.3, -0.25) is 4.18 Å². The Morgan fingerprint density at radius 3 is 2.19 bits per heavy atom. The van der Waals surface area contributed by atoms with E-state index in [4.69, 9.17) is 0 Å². The van der Waals surface area contributed by atoms with Crippen molar-refractivity contribution in [2.45, 2.75) is 30.8 Å². The van der Waals surface area contributed by atoms with Gasteiger partial charge in [0, 0.05) is 5.92 Å². The van der Waals surface area contributed by atoms with Gasteiger partial charge >= 0.3 is 0 Å². The maximum Gasteiger partial charge on any atom is 0.217 e. The summed E-state index contributed by atoms with van der Waals surface area (Å²) in [4.78, 5) is 0. The van der Waals surface area contributed by atoms with Crippen LogP contribution in [0.25, 0.3) is 0 Å². The van der Waals surface area contributed by atoms with Crippen molar-refractivity contribution in [2.24, 2.45) is 5.92 Å². The van der Waals surface area contributed by atoms with Crippen molar-refractivity contribution >= 4 is 10.4 Å². The molecule has 0 heterocycles. The van der Waals surface area contributed by atoms with E-state index >= 15 is 0 Å². The van der Waals surface area contributed by atoms with Gasteiger partial charge in [0.2, 0.25) is 10.4 Å². The minimum atomic E-state index is -4.88. The van der Waals surface area contributed by atoms with Gasteiger partial charge in [0.25, 0.3) is 0 Å². The third-order valence-electron chi connectivity index (χ3n) is 2.55. The van der Waals surface area contributed by atoms with E-state index in [0.29, 0.717) is 0 Å². The van der Waals surface area contributed by atoms with Crippen LogP contribution in [-0.4, -0.2) is 64.4 Å². The summed E-state index contributed by atoms with van der Waals surface area (Å²) < 4.78 is 34.4. The largest absolute Gasteiger partial charge is 0.726 e. The van der Waals surface area contributed by atoms with E-state index in [9.17, 15) is 33.4 Å². The number of hydrogen-bond donors (Lipinski definition) is 4. The zero-order chi connectivity index (χ0) is 12.5. The molecule has 4 N–H and O–H groups in total. The van der Waals surface area contributed by atoms with Gasteiger partial charge in [-0.05, 0) is 6.42 Å². The Labute approximate surface area is 92.1 Å². The van der Waals surface area contributed by atoms with Gasteiger partial charge in [0.05, 0.1) is 18.8 Å². The highest BCUT2D eigenvalue weighted by atomic mass is 32.3. The molecule has 0 amide bonds. The first-order valence-corrected chi connectivity index (χ1v) is 5.88. The first-order chi connectivity index (χ1) is 7.22. The zero-order valence-electron chi connectivity index (χ0n) is 8.13. The normalized spacial score (nSPS) is 40.9. The van der Waals surface area contributed by atoms with Gasteiger partial charge in [-0.2, -0.15) is 0 Å². The Balaban J connectivity index is 2.61. The average molecular weight is 257 g/mol. The van der Waals surface area contributed by atoms with Gasteiger partial charge < -0.3 is 25.0 Å². The molecular formula is C7H13O8S-. The zero-order valence-corrected chi connectivity index (χ0v) is 8.95. The quantitative estimate of drug-likeness (QED) is 0.307. The molecule has 0 bridgehead atoms.